The molecule has 0 unspecified atom stereocenters. The predicted molar refractivity (Wildman–Crippen MR) is 81.3 cm³/mol. The van der Waals surface area contributed by atoms with E-state index in [0.717, 1.165) is 37.3 Å². The summed E-state index contributed by atoms with van der Waals surface area (Å²) in [7, 11) is 0. The van der Waals surface area contributed by atoms with Crippen molar-refractivity contribution in [3.8, 4) is 0 Å². The summed E-state index contributed by atoms with van der Waals surface area (Å²) >= 11 is 0. The van der Waals surface area contributed by atoms with Gasteiger partial charge < -0.3 is 9.42 Å². The normalized spacial score (nSPS) is 16.1. The van der Waals surface area contributed by atoms with Crippen LogP contribution in [0.2, 0.25) is 0 Å². The molecule has 1 heterocycles. The van der Waals surface area contributed by atoms with Crippen molar-refractivity contribution in [2.75, 3.05) is 18.0 Å². The smallest absolute Gasteiger partial charge is 0.147 e. The van der Waals surface area contributed by atoms with E-state index in [2.05, 4.69) is 55.1 Å². The number of nitrogens with zero attached hydrogens (tertiary/aromatic N) is 2. The Labute approximate surface area is 120 Å². The predicted octanol–water partition coefficient (Wildman–Crippen LogP) is 3.58. The Kier molecular flexibility index (Phi) is 3.28. The fourth-order valence-electron chi connectivity index (χ4n) is 3.41. The van der Waals surface area contributed by atoms with Gasteiger partial charge in [0, 0.05) is 18.5 Å². The molecule has 3 heteroatoms. The van der Waals surface area contributed by atoms with Crippen molar-refractivity contribution in [2.24, 2.45) is 0 Å². The van der Waals surface area contributed by atoms with Crippen molar-refractivity contribution in [3.05, 3.63) is 47.3 Å². The van der Waals surface area contributed by atoms with Crippen LogP contribution in [0.3, 0.4) is 0 Å². The number of aromatic nitrogens is 1. The Morgan fingerprint density at radius 2 is 1.75 bits per heavy atom. The van der Waals surface area contributed by atoms with E-state index >= 15 is 0 Å². The Morgan fingerprint density at radius 3 is 2.30 bits per heavy atom. The molecule has 106 valence electrons. The van der Waals surface area contributed by atoms with Crippen LogP contribution in [0, 0.1) is 0 Å². The second-order valence-electron chi connectivity index (χ2n) is 5.90. The van der Waals surface area contributed by atoms with Crippen LogP contribution in [0.1, 0.15) is 37.6 Å². The van der Waals surface area contributed by atoms with Gasteiger partial charge in [0.1, 0.15) is 17.6 Å². The highest BCUT2D eigenvalue weighted by Crippen LogP contribution is 2.42. The lowest BCUT2D eigenvalue weighted by Crippen LogP contribution is -2.29. The topological polar surface area (TPSA) is 29.3 Å². The molecule has 3 nitrogen and oxygen atoms in total. The highest BCUT2D eigenvalue weighted by Gasteiger charge is 2.39. The lowest BCUT2D eigenvalue weighted by atomic mass is 9.83. The molecule has 0 saturated heterocycles. The van der Waals surface area contributed by atoms with Gasteiger partial charge in [-0.05, 0) is 37.8 Å². The van der Waals surface area contributed by atoms with Crippen LogP contribution >= 0.6 is 0 Å². The lowest BCUT2D eigenvalue weighted by Gasteiger charge is -2.27. The summed E-state index contributed by atoms with van der Waals surface area (Å²) in [5, 5.41) is 4.35. The van der Waals surface area contributed by atoms with Crippen LogP contribution in [-0.4, -0.2) is 18.2 Å². The van der Waals surface area contributed by atoms with Gasteiger partial charge in [-0.25, -0.2) is 0 Å². The molecule has 1 aliphatic rings. The third-order valence-electron chi connectivity index (χ3n) is 4.51. The molecule has 0 saturated carbocycles. The Morgan fingerprint density at radius 1 is 1.15 bits per heavy atom. The Hall–Kier alpha value is -1.77. The van der Waals surface area contributed by atoms with Gasteiger partial charge in [0.15, 0.2) is 0 Å². The second-order valence-corrected chi connectivity index (χ2v) is 5.90. The average molecular weight is 270 g/mol. The molecule has 0 bridgehead atoms. The standard InChI is InChI=1S/C17H22N2O/c1-4-19(5-2)15-12-20-18-16(15)17(3)10-13-8-6-7-9-14(13)11-17/h6-9,12H,4-5,10-11H2,1-3H3. The number of fused-ring (bicyclic) bond motifs is 1. The van der Waals surface area contributed by atoms with Crippen LogP contribution in [0.15, 0.2) is 35.1 Å². The van der Waals surface area contributed by atoms with Crippen LogP contribution in [0.4, 0.5) is 5.69 Å². The molecule has 0 spiro atoms. The summed E-state index contributed by atoms with van der Waals surface area (Å²) in [4.78, 5) is 2.32. The van der Waals surface area contributed by atoms with E-state index in [1.807, 2.05) is 0 Å². The minimum Gasteiger partial charge on any atom is -0.368 e. The first-order valence-corrected chi connectivity index (χ1v) is 7.44. The first kappa shape index (κ1) is 13.2. The highest BCUT2D eigenvalue weighted by molar-refractivity contribution is 5.54. The Bertz CT molecular complexity index is 574. The molecule has 0 atom stereocenters. The van der Waals surface area contributed by atoms with Gasteiger partial charge >= 0.3 is 0 Å². The summed E-state index contributed by atoms with van der Waals surface area (Å²) < 4.78 is 5.32. The summed E-state index contributed by atoms with van der Waals surface area (Å²) in [5.41, 5.74) is 5.21. The van der Waals surface area contributed by atoms with E-state index in [-0.39, 0.29) is 5.41 Å². The average Bonchev–Trinajstić information content (AvgIpc) is 3.04. The first-order valence-electron chi connectivity index (χ1n) is 7.44. The quantitative estimate of drug-likeness (QED) is 0.850. The van der Waals surface area contributed by atoms with E-state index in [1.165, 1.54) is 11.1 Å². The summed E-state index contributed by atoms with van der Waals surface area (Å²) in [6, 6.07) is 8.72. The van der Waals surface area contributed by atoms with Crippen LogP contribution in [0.5, 0.6) is 0 Å². The molecule has 20 heavy (non-hydrogen) atoms. The van der Waals surface area contributed by atoms with Crippen molar-refractivity contribution in [1.29, 1.82) is 0 Å². The van der Waals surface area contributed by atoms with E-state index in [0.29, 0.717) is 0 Å². The van der Waals surface area contributed by atoms with Gasteiger partial charge in [0.25, 0.3) is 0 Å². The molecule has 3 rings (SSSR count). The lowest BCUT2D eigenvalue weighted by molar-refractivity contribution is 0.379. The number of rotatable bonds is 4. The molecular formula is C17H22N2O. The molecule has 0 radical (unpaired) electrons. The van der Waals surface area contributed by atoms with Gasteiger partial charge in [-0.2, -0.15) is 0 Å². The maximum atomic E-state index is 5.32. The third kappa shape index (κ3) is 2.01. The van der Waals surface area contributed by atoms with Crippen molar-refractivity contribution in [3.63, 3.8) is 0 Å². The molecule has 1 aromatic carbocycles. The van der Waals surface area contributed by atoms with Gasteiger partial charge in [-0.1, -0.05) is 36.3 Å². The zero-order valence-corrected chi connectivity index (χ0v) is 12.5. The molecular weight excluding hydrogens is 248 g/mol. The van der Waals surface area contributed by atoms with Crippen molar-refractivity contribution < 1.29 is 4.52 Å². The van der Waals surface area contributed by atoms with Crippen LogP contribution < -0.4 is 4.90 Å². The second kappa shape index (κ2) is 4.97. The maximum absolute atomic E-state index is 5.32. The molecule has 0 aliphatic heterocycles. The highest BCUT2D eigenvalue weighted by atomic mass is 16.5. The van der Waals surface area contributed by atoms with E-state index in [4.69, 9.17) is 4.52 Å². The van der Waals surface area contributed by atoms with E-state index in [1.54, 1.807) is 6.26 Å². The van der Waals surface area contributed by atoms with Crippen LogP contribution in [-0.2, 0) is 18.3 Å². The van der Waals surface area contributed by atoms with Crippen molar-refractivity contribution in [2.45, 2.75) is 39.0 Å². The summed E-state index contributed by atoms with van der Waals surface area (Å²) in [6.45, 7) is 8.61. The zero-order valence-electron chi connectivity index (χ0n) is 12.5. The number of hydrogen-bond donors (Lipinski definition) is 0. The summed E-state index contributed by atoms with van der Waals surface area (Å²) in [6.07, 6.45) is 3.89. The molecule has 0 N–H and O–H groups in total. The van der Waals surface area contributed by atoms with Gasteiger partial charge in [0.2, 0.25) is 0 Å². The fourth-order valence-corrected chi connectivity index (χ4v) is 3.41. The van der Waals surface area contributed by atoms with Gasteiger partial charge in [-0.15, -0.1) is 0 Å². The largest absolute Gasteiger partial charge is 0.368 e. The molecule has 1 aromatic heterocycles. The molecule has 2 aromatic rings. The maximum Gasteiger partial charge on any atom is 0.147 e. The van der Waals surface area contributed by atoms with E-state index < -0.39 is 0 Å². The zero-order chi connectivity index (χ0) is 14.2. The van der Waals surface area contributed by atoms with Crippen molar-refractivity contribution in [1.82, 2.24) is 5.16 Å². The Balaban J connectivity index is 1.97. The number of benzene rings is 1. The van der Waals surface area contributed by atoms with Gasteiger partial charge in [-0.3, -0.25) is 0 Å². The van der Waals surface area contributed by atoms with E-state index in [9.17, 15) is 0 Å². The monoisotopic (exact) mass is 270 g/mol. The van der Waals surface area contributed by atoms with Crippen LogP contribution in [0.25, 0.3) is 0 Å². The summed E-state index contributed by atoms with van der Waals surface area (Å²) in [5.74, 6) is 0. The molecule has 1 aliphatic carbocycles. The van der Waals surface area contributed by atoms with Crippen molar-refractivity contribution >= 4 is 5.69 Å². The SMILES string of the molecule is CCN(CC)c1conc1C1(C)Cc2ccccc2C1. The number of hydrogen-bond acceptors (Lipinski definition) is 3. The molecule has 0 fully saturated rings. The minimum absolute atomic E-state index is 0.0502. The molecule has 0 amide bonds. The number of anilines is 1. The third-order valence-corrected chi connectivity index (χ3v) is 4.51. The first-order chi connectivity index (χ1) is 9.68. The van der Waals surface area contributed by atoms with Gasteiger partial charge in [0.05, 0.1) is 0 Å². The fraction of sp³-hybridized carbons (Fsp3) is 0.471. The minimum atomic E-state index is 0.0502.